The second-order valence-electron chi connectivity index (χ2n) is 11.7. The summed E-state index contributed by atoms with van der Waals surface area (Å²) in [5.41, 5.74) is -4.14. The number of aliphatic hydroxyl groups excluding tert-OH is 1. The van der Waals surface area contributed by atoms with Crippen molar-refractivity contribution in [3.05, 3.63) is 12.7 Å². The van der Waals surface area contributed by atoms with Crippen molar-refractivity contribution in [1.82, 2.24) is 10.2 Å². The molecule has 2 aliphatic carbocycles. The highest BCUT2D eigenvalue weighted by molar-refractivity contribution is 5.89. The number of ketones is 1. The number of Topliss-reactive ketones (excluding diaryl/α,β-unsaturated/α-hetero) is 1. The van der Waals surface area contributed by atoms with E-state index in [2.05, 4.69) is 11.9 Å². The second kappa shape index (κ2) is 12.5. The van der Waals surface area contributed by atoms with E-state index < -0.39 is 52.0 Å². The lowest BCUT2D eigenvalue weighted by molar-refractivity contribution is -0.361. The van der Waals surface area contributed by atoms with Gasteiger partial charge in [-0.25, -0.2) is 4.79 Å². The molecule has 0 spiro atoms. The second-order valence-corrected chi connectivity index (χ2v) is 11.7. The molecule has 0 aliphatic heterocycles. The number of fused-ring (bicyclic) bond motifs is 1. The average molecular weight is 537 g/mol. The maximum atomic E-state index is 13.7. The lowest BCUT2D eigenvalue weighted by Gasteiger charge is -2.67. The number of carbonyl (C=O) groups excluding carboxylic acids is 2. The first-order valence-corrected chi connectivity index (χ1v) is 12.5. The van der Waals surface area contributed by atoms with Crippen molar-refractivity contribution in [1.29, 1.82) is 0 Å². The van der Waals surface area contributed by atoms with Crippen LogP contribution in [0.1, 0.15) is 66.7 Å². The molecule has 2 rings (SSSR count). The molecule has 2 saturated carbocycles. The number of allylic oxidation sites excluding steroid dienone is 1. The third kappa shape index (κ3) is 6.08. The van der Waals surface area contributed by atoms with Gasteiger partial charge in [-0.1, -0.05) is 33.8 Å². The zero-order valence-corrected chi connectivity index (χ0v) is 23.8. The molecular weight excluding hydrogens is 488 g/mol. The minimum absolute atomic E-state index is 0. The van der Waals surface area contributed by atoms with Gasteiger partial charge in [0.05, 0.1) is 11.5 Å². The first kappa shape index (κ1) is 34.8. The number of hydrogen-bond acceptors (Lipinski definition) is 7. The van der Waals surface area contributed by atoms with Crippen molar-refractivity contribution in [3.63, 3.8) is 0 Å². The lowest BCUT2D eigenvalue weighted by atomic mass is 9.41. The van der Waals surface area contributed by atoms with E-state index in [-0.39, 0.29) is 43.1 Å². The van der Waals surface area contributed by atoms with Crippen molar-refractivity contribution >= 4 is 24.3 Å². The molecule has 10 heteroatoms. The molecule has 0 bridgehead atoms. The molecule has 0 aromatic rings. The number of carbonyl (C=O) groups is 2. The molecule has 0 unspecified atom stereocenters. The Kier molecular flexibility index (Phi) is 12.1. The van der Waals surface area contributed by atoms with Gasteiger partial charge in [-0.15, -0.1) is 19.0 Å². The van der Waals surface area contributed by atoms with Crippen LogP contribution in [0.15, 0.2) is 12.7 Å². The smallest absolute Gasteiger partial charge is 0.409 e. The Labute approximate surface area is 222 Å². The van der Waals surface area contributed by atoms with E-state index in [1.165, 1.54) is 0 Å². The van der Waals surface area contributed by atoms with Crippen molar-refractivity contribution in [2.24, 2.45) is 28.6 Å². The Morgan fingerprint density at radius 3 is 2.33 bits per heavy atom. The zero-order valence-electron chi connectivity index (χ0n) is 23.0. The number of nitrogens with zero attached hydrogens (tertiary/aromatic N) is 1. The fourth-order valence-electron chi connectivity index (χ4n) is 6.58. The Balaban J connectivity index is 0.00000612. The largest absolute Gasteiger partial charge is 0.416 e. The van der Waals surface area contributed by atoms with Crippen LogP contribution in [0.4, 0.5) is 4.79 Å². The number of aliphatic hydroxyl groups is 3. The number of halogens is 1. The summed E-state index contributed by atoms with van der Waals surface area (Å²) < 4.78 is 5.67. The van der Waals surface area contributed by atoms with Crippen molar-refractivity contribution < 1.29 is 35.1 Å². The van der Waals surface area contributed by atoms with Crippen LogP contribution in [0.2, 0.25) is 0 Å². The number of alkyl carbamates (subject to hydrolysis) is 1. The van der Waals surface area contributed by atoms with E-state index >= 15 is 0 Å². The normalized spacial score (nSPS) is 35.9. The van der Waals surface area contributed by atoms with E-state index in [0.717, 1.165) is 6.54 Å². The molecule has 1 amide bonds. The molecule has 212 valence electrons. The van der Waals surface area contributed by atoms with Crippen LogP contribution in [0.5, 0.6) is 0 Å². The monoisotopic (exact) mass is 536 g/mol. The Bertz CT molecular complexity index is 779. The van der Waals surface area contributed by atoms with Gasteiger partial charge in [0.2, 0.25) is 5.79 Å². The molecule has 2 fully saturated rings. The summed E-state index contributed by atoms with van der Waals surface area (Å²) in [7, 11) is 3.87. The summed E-state index contributed by atoms with van der Waals surface area (Å²) in [5, 5.41) is 38.0. The zero-order chi connectivity index (χ0) is 26.1. The minimum atomic E-state index is -2.14. The third-order valence-corrected chi connectivity index (χ3v) is 8.52. The highest BCUT2D eigenvalue weighted by Crippen LogP contribution is 2.66. The van der Waals surface area contributed by atoms with E-state index in [1.54, 1.807) is 19.9 Å². The highest BCUT2D eigenvalue weighted by atomic mass is 35.5. The SMILES string of the molecule is C=C[C@@H](C)CC(=O)[C@@]1(O)[C@@H](C)C[C@@H](O)[C@H]2C(C)(C)CC[C@@](O)(OC(=O)NCCCN(C)C)[C@@]21C.Cl.O. The molecule has 7 atom stereocenters. The quantitative estimate of drug-likeness (QED) is 0.200. The molecule has 9 nitrogen and oxygen atoms in total. The van der Waals surface area contributed by atoms with Crippen LogP contribution in [-0.2, 0) is 9.53 Å². The Morgan fingerprint density at radius 1 is 1.22 bits per heavy atom. The van der Waals surface area contributed by atoms with E-state index in [9.17, 15) is 24.9 Å². The molecule has 0 saturated heterocycles. The van der Waals surface area contributed by atoms with Gasteiger partial charge in [0.15, 0.2) is 5.78 Å². The maximum Gasteiger partial charge on any atom is 0.409 e. The van der Waals surface area contributed by atoms with Crippen molar-refractivity contribution in [2.75, 3.05) is 27.2 Å². The summed E-state index contributed by atoms with van der Waals surface area (Å²) in [6.45, 7) is 14.0. The van der Waals surface area contributed by atoms with Gasteiger partial charge in [-0.2, -0.15) is 0 Å². The molecule has 36 heavy (non-hydrogen) atoms. The molecule has 6 N–H and O–H groups in total. The van der Waals surface area contributed by atoms with Crippen LogP contribution in [0, 0.1) is 28.6 Å². The molecular formula is C26H49ClN2O7. The van der Waals surface area contributed by atoms with Crippen LogP contribution in [0.3, 0.4) is 0 Å². The Morgan fingerprint density at radius 2 is 1.81 bits per heavy atom. The van der Waals surface area contributed by atoms with Gasteiger partial charge < -0.3 is 35.7 Å². The Hall–Kier alpha value is -1.23. The summed E-state index contributed by atoms with van der Waals surface area (Å²) in [4.78, 5) is 28.4. The third-order valence-electron chi connectivity index (χ3n) is 8.52. The lowest BCUT2D eigenvalue weighted by Crippen LogP contribution is -2.78. The molecule has 0 aromatic heterocycles. The predicted octanol–water partition coefficient (Wildman–Crippen LogP) is 2.31. The number of hydrogen-bond donors (Lipinski definition) is 4. The minimum Gasteiger partial charge on any atom is -0.416 e. The van der Waals surface area contributed by atoms with Crippen LogP contribution in [0.25, 0.3) is 0 Å². The molecule has 0 aromatic carbocycles. The summed E-state index contributed by atoms with van der Waals surface area (Å²) in [6.07, 6.45) is 1.42. The number of ether oxygens (including phenoxy) is 1. The fourth-order valence-corrected chi connectivity index (χ4v) is 6.58. The van der Waals surface area contributed by atoms with Crippen LogP contribution in [-0.4, -0.2) is 82.2 Å². The fraction of sp³-hybridized carbons (Fsp3) is 0.846. The number of rotatable bonds is 9. The standard InChI is InChI=1S/C26H46N2O6.ClH.H2O/c1-9-17(2)15-20(30)26(33)18(3)16-19(29)21-23(4,5)11-12-25(32,24(21,26)6)34-22(31)27-13-10-14-28(7)8;;/h9,17-19,21,29,32-33H,1,10-16H2,2-8H3,(H,27,31);1H;1H2/t17-,18+,19-,21+,24-,25-,26+;;/m1../s1. The first-order valence-electron chi connectivity index (χ1n) is 12.5. The topological polar surface area (TPSA) is 151 Å². The van der Waals surface area contributed by atoms with Crippen LogP contribution < -0.4 is 5.32 Å². The van der Waals surface area contributed by atoms with Crippen LogP contribution >= 0.6 is 12.4 Å². The average Bonchev–Trinajstić information content (AvgIpc) is 2.72. The number of amides is 1. The van der Waals surface area contributed by atoms with Gasteiger partial charge in [-0.05, 0) is 64.1 Å². The van der Waals surface area contributed by atoms with E-state index in [0.29, 0.717) is 19.4 Å². The van der Waals surface area contributed by atoms with Gasteiger partial charge >= 0.3 is 6.09 Å². The predicted molar refractivity (Wildman–Crippen MR) is 142 cm³/mol. The van der Waals surface area contributed by atoms with Gasteiger partial charge in [0.25, 0.3) is 0 Å². The maximum absolute atomic E-state index is 13.7. The van der Waals surface area contributed by atoms with E-state index in [4.69, 9.17) is 4.74 Å². The number of nitrogens with one attached hydrogen (secondary N) is 1. The summed E-state index contributed by atoms with van der Waals surface area (Å²) >= 11 is 0. The summed E-state index contributed by atoms with van der Waals surface area (Å²) in [6, 6.07) is 0. The van der Waals surface area contributed by atoms with Crippen molar-refractivity contribution in [3.8, 4) is 0 Å². The van der Waals surface area contributed by atoms with Crippen molar-refractivity contribution in [2.45, 2.75) is 84.2 Å². The molecule has 2 aliphatic rings. The van der Waals surface area contributed by atoms with Gasteiger partial charge in [0.1, 0.15) is 5.60 Å². The van der Waals surface area contributed by atoms with E-state index in [1.807, 2.05) is 39.8 Å². The highest BCUT2D eigenvalue weighted by Gasteiger charge is 2.76. The van der Waals surface area contributed by atoms with Gasteiger partial charge in [0, 0.05) is 25.3 Å². The summed E-state index contributed by atoms with van der Waals surface area (Å²) in [5.74, 6) is -4.08. The van der Waals surface area contributed by atoms with Gasteiger partial charge in [-0.3, -0.25) is 4.79 Å². The molecule has 0 heterocycles. The first-order chi connectivity index (χ1) is 15.6. The molecule has 0 radical (unpaired) electrons.